The van der Waals surface area contributed by atoms with Crippen LogP contribution in [0.4, 0.5) is 0 Å². The Morgan fingerprint density at radius 3 is 2.54 bits per heavy atom. The number of ether oxygens (including phenoxy) is 2. The van der Waals surface area contributed by atoms with Crippen molar-refractivity contribution in [2.75, 3.05) is 13.7 Å². The second-order valence-electron chi connectivity index (χ2n) is 8.20. The maximum atomic E-state index is 6.46. The van der Waals surface area contributed by atoms with Gasteiger partial charge in [-0.1, -0.05) is 30.3 Å². The zero-order chi connectivity index (χ0) is 19.3. The van der Waals surface area contributed by atoms with E-state index in [0.717, 1.165) is 43.7 Å². The molecule has 150 valence electrons. The smallest absolute Gasteiger partial charge is 0.123 e. The van der Waals surface area contributed by atoms with Gasteiger partial charge in [-0.05, 0) is 80.2 Å². The van der Waals surface area contributed by atoms with Crippen LogP contribution in [0.5, 0.6) is 11.5 Å². The molecule has 2 aromatic rings. The minimum atomic E-state index is 0.237. The van der Waals surface area contributed by atoms with Gasteiger partial charge in [0.15, 0.2) is 0 Å². The van der Waals surface area contributed by atoms with Crippen LogP contribution in [0.1, 0.15) is 55.7 Å². The molecular weight excluding hydrogens is 348 g/mol. The summed E-state index contributed by atoms with van der Waals surface area (Å²) in [7, 11) is 1.73. The Morgan fingerprint density at radius 1 is 1.00 bits per heavy atom. The number of hydrogen-bond donors (Lipinski definition) is 1. The van der Waals surface area contributed by atoms with Crippen molar-refractivity contribution in [1.82, 2.24) is 5.01 Å². The lowest BCUT2D eigenvalue weighted by Gasteiger charge is -2.39. The quantitative estimate of drug-likeness (QED) is 0.725. The number of benzene rings is 2. The van der Waals surface area contributed by atoms with Crippen LogP contribution in [-0.4, -0.2) is 24.8 Å². The maximum Gasteiger partial charge on any atom is 0.123 e. The van der Waals surface area contributed by atoms with Crippen molar-refractivity contribution in [3.8, 4) is 11.5 Å². The van der Waals surface area contributed by atoms with Crippen LogP contribution in [0, 0.1) is 5.92 Å². The average molecular weight is 381 g/mol. The number of piperidine rings is 1. The highest BCUT2D eigenvalue weighted by Gasteiger charge is 2.32. The molecule has 2 aliphatic rings. The third-order valence-corrected chi connectivity index (χ3v) is 6.28. The molecule has 0 spiro atoms. The van der Waals surface area contributed by atoms with E-state index in [0.29, 0.717) is 12.0 Å². The van der Waals surface area contributed by atoms with Crippen molar-refractivity contribution in [2.45, 2.75) is 57.1 Å². The van der Waals surface area contributed by atoms with Gasteiger partial charge in [-0.3, -0.25) is 5.84 Å². The summed E-state index contributed by atoms with van der Waals surface area (Å²) in [6.45, 7) is 0.944. The molecule has 4 heteroatoms. The summed E-state index contributed by atoms with van der Waals surface area (Å²) in [6, 6.07) is 17.2. The monoisotopic (exact) mass is 380 g/mol. The molecule has 4 rings (SSSR count). The molecule has 1 heterocycles. The van der Waals surface area contributed by atoms with E-state index in [9.17, 15) is 0 Å². The molecule has 4 nitrogen and oxygen atoms in total. The van der Waals surface area contributed by atoms with Crippen molar-refractivity contribution in [3.05, 3.63) is 59.7 Å². The Bertz CT molecular complexity index is 758. The molecule has 1 aliphatic heterocycles. The molecule has 2 atom stereocenters. The standard InChI is InChI=1S/C24H32N2O2/c1-27-22-13-14-23(28-21-11-5-6-12-21)20(17-22)16-19-10-7-15-26(25)24(19)18-8-3-2-4-9-18/h2-4,8-9,13-14,17,19,21,24H,5-7,10-12,15-16,25H2,1H3/t19-,24+/m0/s1. The van der Waals surface area contributed by atoms with Crippen molar-refractivity contribution >= 4 is 0 Å². The van der Waals surface area contributed by atoms with Gasteiger partial charge < -0.3 is 9.47 Å². The summed E-state index contributed by atoms with van der Waals surface area (Å²) in [4.78, 5) is 0. The van der Waals surface area contributed by atoms with E-state index in [1.807, 2.05) is 11.1 Å². The lowest BCUT2D eigenvalue weighted by molar-refractivity contribution is 0.0917. The lowest BCUT2D eigenvalue weighted by Crippen LogP contribution is -2.44. The molecule has 2 fully saturated rings. The highest BCUT2D eigenvalue weighted by atomic mass is 16.5. The second kappa shape index (κ2) is 8.97. The first kappa shape index (κ1) is 19.3. The van der Waals surface area contributed by atoms with E-state index in [1.54, 1.807) is 7.11 Å². The topological polar surface area (TPSA) is 47.7 Å². The third kappa shape index (κ3) is 4.34. The number of nitrogens with two attached hydrogens (primary N) is 1. The van der Waals surface area contributed by atoms with Crippen molar-refractivity contribution in [3.63, 3.8) is 0 Å². The van der Waals surface area contributed by atoms with Gasteiger partial charge in [-0.15, -0.1) is 0 Å². The summed E-state index contributed by atoms with van der Waals surface area (Å²) < 4.78 is 11.9. The van der Waals surface area contributed by atoms with Gasteiger partial charge in [0.25, 0.3) is 0 Å². The number of nitrogens with zero attached hydrogens (tertiary/aromatic N) is 1. The molecule has 0 aromatic heterocycles. The Labute approximate surface area is 168 Å². The van der Waals surface area contributed by atoms with E-state index in [2.05, 4.69) is 42.5 Å². The molecule has 1 aliphatic carbocycles. The first-order valence-corrected chi connectivity index (χ1v) is 10.6. The van der Waals surface area contributed by atoms with Gasteiger partial charge in [-0.2, -0.15) is 0 Å². The minimum absolute atomic E-state index is 0.237. The van der Waals surface area contributed by atoms with Crippen LogP contribution in [0.2, 0.25) is 0 Å². The molecule has 1 saturated heterocycles. The molecule has 28 heavy (non-hydrogen) atoms. The fourth-order valence-corrected chi connectivity index (χ4v) is 4.86. The third-order valence-electron chi connectivity index (χ3n) is 6.28. The van der Waals surface area contributed by atoms with E-state index in [4.69, 9.17) is 15.3 Å². The van der Waals surface area contributed by atoms with Crippen LogP contribution in [-0.2, 0) is 6.42 Å². The van der Waals surface area contributed by atoms with Crippen molar-refractivity contribution in [2.24, 2.45) is 11.8 Å². The number of hydrogen-bond acceptors (Lipinski definition) is 4. The van der Waals surface area contributed by atoms with Gasteiger partial charge in [0.05, 0.1) is 19.3 Å². The zero-order valence-corrected chi connectivity index (χ0v) is 16.8. The van der Waals surface area contributed by atoms with Gasteiger partial charge in [-0.25, -0.2) is 5.01 Å². The fraction of sp³-hybridized carbons (Fsp3) is 0.500. The fourth-order valence-electron chi connectivity index (χ4n) is 4.86. The van der Waals surface area contributed by atoms with Crippen molar-refractivity contribution in [1.29, 1.82) is 0 Å². The van der Waals surface area contributed by atoms with E-state index >= 15 is 0 Å². The molecule has 0 bridgehead atoms. The molecular formula is C24H32N2O2. The number of methoxy groups -OCH3 is 1. The molecule has 2 aromatic carbocycles. The molecule has 0 amide bonds. The van der Waals surface area contributed by atoms with Crippen LogP contribution >= 0.6 is 0 Å². The largest absolute Gasteiger partial charge is 0.497 e. The summed E-state index contributed by atoms with van der Waals surface area (Å²) in [6.07, 6.45) is 8.49. The van der Waals surface area contributed by atoms with E-state index in [-0.39, 0.29) is 6.04 Å². The minimum Gasteiger partial charge on any atom is -0.497 e. The lowest BCUT2D eigenvalue weighted by atomic mass is 9.81. The molecule has 2 N–H and O–H groups in total. The molecule has 0 radical (unpaired) electrons. The highest BCUT2D eigenvalue weighted by Crippen LogP contribution is 2.39. The number of hydrazine groups is 1. The second-order valence-corrected chi connectivity index (χ2v) is 8.20. The van der Waals surface area contributed by atoms with Crippen LogP contribution in [0.15, 0.2) is 48.5 Å². The Kier molecular flexibility index (Phi) is 6.18. The first-order chi connectivity index (χ1) is 13.7. The summed E-state index contributed by atoms with van der Waals surface area (Å²) in [5.74, 6) is 8.83. The van der Waals surface area contributed by atoms with Gasteiger partial charge >= 0.3 is 0 Å². The Hall–Kier alpha value is -2.04. The van der Waals surface area contributed by atoms with Gasteiger partial charge in [0.1, 0.15) is 11.5 Å². The summed E-state index contributed by atoms with van der Waals surface area (Å²) in [5, 5.41) is 2.03. The summed E-state index contributed by atoms with van der Waals surface area (Å²) in [5.41, 5.74) is 2.54. The first-order valence-electron chi connectivity index (χ1n) is 10.6. The van der Waals surface area contributed by atoms with Crippen molar-refractivity contribution < 1.29 is 9.47 Å². The Balaban J connectivity index is 1.60. The molecule has 0 unspecified atom stereocenters. The van der Waals surface area contributed by atoms with Crippen LogP contribution in [0.3, 0.4) is 0 Å². The predicted octanol–water partition coefficient (Wildman–Crippen LogP) is 4.89. The van der Waals surface area contributed by atoms with Crippen LogP contribution < -0.4 is 15.3 Å². The Morgan fingerprint density at radius 2 is 1.79 bits per heavy atom. The van der Waals surface area contributed by atoms with E-state index in [1.165, 1.54) is 30.4 Å². The molecule has 1 saturated carbocycles. The normalized spacial score (nSPS) is 23.6. The number of rotatable bonds is 6. The van der Waals surface area contributed by atoms with E-state index < -0.39 is 0 Å². The zero-order valence-electron chi connectivity index (χ0n) is 16.8. The van der Waals surface area contributed by atoms with Gasteiger partial charge in [0, 0.05) is 6.54 Å². The highest BCUT2D eigenvalue weighted by molar-refractivity contribution is 5.41. The van der Waals surface area contributed by atoms with Gasteiger partial charge in [0.2, 0.25) is 0 Å². The predicted molar refractivity (Wildman–Crippen MR) is 112 cm³/mol. The SMILES string of the molecule is COc1ccc(OC2CCCC2)c(C[C@@H]2CCCN(N)[C@@H]2c2ccccc2)c1. The average Bonchev–Trinajstić information content (AvgIpc) is 3.23. The summed E-state index contributed by atoms with van der Waals surface area (Å²) >= 11 is 0. The van der Waals surface area contributed by atoms with Crippen LogP contribution in [0.25, 0.3) is 0 Å². The maximum absolute atomic E-state index is 6.46.